The minimum atomic E-state index is 0.319. The summed E-state index contributed by atoms with van der Waals surface area (Å²) >= 11 is 5.40. The summed E-state index contributed by atoms with van der Waals surface area (Å²) in [6.07, 6.45) is 5.67. The normalized spacial score (nSPS) is 16.4. The number of allylic oxidation sites excluding steroid dienone is 1. The van der Waals surface area contributed by atoms with Crippen molar-refractivity contribution in [3.05, 3.63) is 40.6 Å². The predicted octanol–water partition coefficient (Wildman–Crippen LogP) is 4.60. The summed E-state index contributed by atoms with van der Waals surface area (Å²) in [6, 6.07) is 8.78. The van der Waals surface area contributed by atoms with Gasteiger partial charge in [0.1, 0.15) is 5.76 Å². The van der Waals surface area contributed by atoms with Gasteiger partial charge in [-0.05, 0) is 50.1 Å². The lowest BCUT2D eigenvalue weighted by atomic mass is 10.1. The predicted molar refractivity (Wildman–Crippen MR) is 90.2 cm³/mol. The number of halogens is 1. The van der Waals surface area contributed by atoms with Crippen LogP contribution in [0, 0.1) is 0 Å². The van der Waals surface area contributed by atoms with Crippen LogP contribution in [0.3, 0.4) is 0 Å². The SMILES string of the molecule is CCCNC(CSc1cccc(Br)c1)C1=CCCCO1. The van der Waals surface area contributed by atoms with Crippen molar-refractivity contribution in [3.8, 4) is 0 Å². The number of hydrogen-bond acceptors (Lipinski definition) is 3. The zero-order valence-corrected chi connectivity index (χ0v) is 14.3. The minimum Gasteiger partial charge on any atom is -0.497 e. The largest absolute Gasteiger partial charge is 0.497 e. The van der Waals surface area contributed by atoms with Gasteiger partial charge in [-0.2, -0.15) is 0 Å². The summed E-state index contributed by atoms with van der Waals surface area (Å²) < 4.78 is 6.96. The molecule has 1 atom stereocenters. The molecule has 2 nitrogen and oxygen atoms in total. The first-order chi connectivity index (χ1) is 9.79. The topological polar surface area (TPSA) is 21.3 Å². The van der Waals surface area contributed by atoms with Gasteiger partial charge >= 0.3 is 0 Å². The molecule has 0 amide bonds. The van der Waals surface area contributed by atoms with Crippen LogP contribution in [-0.2, 0) is 4.74 Å². The molecule has 0 fully saturated rings. The number of nitrogens with one attached hydrogen (secondary N) is 1. The Morgan fingerprint density at radius 2 is 2.35 bits per heavy atom. The molecule has 0 saturated heterocycles. The van der Waals surface area contributed by atoms with Crippen LogP contribution < -0.4 is 5.32 Å². The van der Waals surface area contributed by atoms with E-state index in [2.05, 4.69) is 58.5 Å². The lowest BCUT2D eigenvalue weighted by Crippen LogP contribution is -2.35. The van der Waals surface area contributed by atoms with Crippen molar-refractivity contribution in [1.29, 1.82) is 0 Å². The van der Waals surface area contributed by atoms with E-state index in [0.29, 0.717) is 6.04 Å². The van der Waals surface area contributed by atoms with E-state index in [-0.39, 0.29) is 0 Å². The van der Waals surface area contributed by atoms with E-state index in [4.69, 9.17) is 4.74 Å². The Labute approximate surface area is 134 Å². The van der Waals surface area contributed by atoms with Crippen molar-refractivity contribution >= 4 is 27.7 Å². The molecular weight excluding hydrogens is 334 g/mol. The molecule has 4 heteroatoms. The standard InChI is InChI=1S/C16H22BrNOS/c1-2-9-18-15(16-8-3-4-10-19-16)12-20-14-7-5-6-13(17)11-14/h5-8,11,15,18H,2-4,9-10,12H2,1H3. The van der Waals surface area contributed by atoms with Crippen molar-refractivity contribution in [1.82, 2.24) is 5.32 Å². The third-order valence-corrected chi connectivity index (χ3v) is 4.74. The van der Waals surface area contributed by atoms with E-state index < -0.39 is 0 Å². The highest BCUT2D eigenvalue weighted by Gasteiger charge is 2.17. The molecule has 1 aliphatic heterocycles. The van der Waals surface area contributed by atoms with Gasteiger partial charge in [-0.25, -0.2) is 0 Å². The average molecular weight is 356 g/mol. The van der Waals surface area contributed by atoms with Crippen molar-refractivity contribution in [3.63, 3.8) is 0 Å². The third-order valence-electron chi connectivity index (χ3n) is 3.16. The molecular formula is C16H22BrNOS. The second-order valence-electron chi connectivity index (χ2n) is 4.87. The van der Waals surface area contributed by atoms with Gasteiger partial charge in [-0.3, -0.25) is 0 Å². The van der Waals surface area contributed by atoms with E-state index in [1.807, 2.05) is 11.8 Å². The van der Waals surface area contributed by atoms with Crippen LogP contribution in [0.1, 0.15) is 26.2 Å². The molecule has 2 rings (SSSR count). The van der Waals surface area contributed by atoms with Crippen molar-refractivity contribution in [2.75, 3.05) is 18.9 Å². The molecule has 0 radical (unpaired) electrons. The number of benzene rings is 1. The number of thioether (sulfide) groups is 1. The van der Waals surface area contributed by atoms with E-state index >= 15 is 0 Å². The highest BCUT2D eigenvalue weighted by atomic mass is 79.9. The van der Waals surface area contributed by atoms with Crippen LogP contribution in [0.4, 0.5) is 0 Å². The van der Waals surface area contributed by atoms with Gasteiger partial charge in [0.05, 0.1) is 12.6 Å². The van der Waals surface area contributed by atoms with E-state index in [0.717, 1.165) is 48.4 Å². The summed E-state index contributed by atoms with van der Waals surface area (Å²) in [5.74, 6) is 2.13. The highest BCUT2D eigenvalue weighted by molar-refractivity contribution is 9.10. The minimum absolute atomic E-state index is 0.319. The van der Waals surface area contributed by atoms with Crippen LogP contribution >= 0.6 is 27.7 Å². The fourth-order valence-corrected chi connectivity index (χ4v) is 3.69. The van der Waals surface area contributed by atoms with Gasteiger partial charge in [0.25, 0.3) is 0 Å². The van der Waals surface area contributed by atoms with Crippen LogP contribution in [0.25, 0.3) is 0 Å². The van der Waals surface area contributed by atoms with Crippen LogP contribution in [0.15, 0.2) is 45.5 Å². The quantitative estimate of drug-likeness (QED) is 0.722. The molecule has 20 heavy (non-hydrogen) atoms. The third kappa shape index (κ3) is 5.15. The highest BCUT2D eigenvalue weighted by Crippen LogP contribution is 2.25. The maximum Gasteiger partial charge on any atom is 0.110 e. The zero-order valence-electron chi connectivity index (χ0n) is 11.9. The van der Waals surface area contributed by atoms with Gasteiger partial charge in [0, 0.05) is 15.1 Å². The molecule has 1 heterocycles. The van der Waals surface area contributed by atoms with Crippen molar-refractivity contribution < 1.29 is 4.74 Å². The summed E-state index contributed by atoms with van der Waals surface area (Å²) in [6.45, 7) is 4.09. The number of ether oxygens (including phenoxy) is 1. The molecule has 1 aromatic rings. The van der Waals surface area contributed by atoms with Crippen molar-refractivity contribution in [2.24, 2.45) is 0 Å². The van der Waals surface area contributed by atoms with Crippen LogP contribution in [0.2, 0.25) is 0 Å². The molecule has 0 aliphatic carbocycles. The van der Waals surface area contributed by atoms with Gasteiger partial charge in [-0.15, -0.1) is 11.8 Å². The Morgan fingerprint density at radius 1 is 1.45 bits per heavy atom. The first-order valence-corrected chi connectivity index (χ1v) is 9.02. The van der Waals surface area contributed by atoms with Crippen LogP contribution in [-0.4, -0.2) is 24.9 Å². The Kier molecular flexibility index (Phi) is 6.97. The van der Waals surface area contributed by atoms with Gasteiger partial charge in [-0.1, -0.05) is 28.9 Å². The van der Waals surface area contributed by atoms with E-state index in [1.54, 1.807) is 0 Å². The maximum absolute atomic E-state index is 5.83. The van der Waals surface area contributed by atoms with Crippen molar-refractivity contribution in [2.45, 2.75) is 37.1 Å². The summed E-state index contributed by atoms with van der Waals surface area (Å²) in [4.78, 5) is 1.29. The Hall–Kier alpha value is -0.450. The van der Waals surface area contributed by atoms with Crippen LogP contribution in [0.5, 0.6) is 0 Å². The fraction of sp³-hybridized carbons (Fsp3) is 0.500. The monoisotopic (exact) mass is 355 g/mol. The second kappa shape index (κ2) is 8.75. The number of rotatable bonds is 7. The molecule has 0 bridgehead atoms. The second-order valence-corrected chi connectivity index (χ2v) is 6.88. The fourth-order valence-electron chi connectivity index (χ4n) is 2.12. The average Bonchev–Trinajstić information content (AvgIpc) is 2.48. The molecule has 1 aliphatic rings. The molecule has 0 saturated carbocycles. The zero-order chi connectivity index (χ0) is 14.2. The molecule has 0 aromatic heterocycles. The van der Waals surface area contributed by atoms with E-state index in [9.17, 15) is 0 Å². The lowest BCUT2D eigenvalue weighted by molar-refractivity contribution is 0.172. The van der Waals surface area contributed by atoms with Gasteiger partial charge in [0.15, 0.2) is 0 Å². The van der Waals surface area contributed by atoms with Gasteiger partial charge < -0.3 is 10.1 Å². The molecule has 1 N–H and O–H groups in total. The molecule has 1 unspecified atom stereocenters. The lowest BCUT2D eigenvalue weighted by Gasteiger charge is -2.24. The maximum atomic E-state index is 5.83. The molecule has 0 spiro atoms. The Bertz CT molecular complexity index is 450. The summed E-state index contributed by atoms with van der Waals surface area (Å²) in [7, 11) is 0. The van der Waals surface area contributed by atoms with E-state index in [1.165, 1.54) is 4.90 Å². The Balaban J connectivity index is 1.94. The Morgan fingerprint density at radius 3 is 3.05 bits per heavy atom. The molecule has 1 aromatic carbocycles. The van der Waals surface area contributed by atoms with Gasteiger partial charge in [0.2, 0.25) is 0 Å². The first kappa shape index (κ1) is 15.9. The molecule has 110 valence electrons. The smallest absolute Gasteiger partial charge is 0.110 e. The summed E-state index contributed by atoms with van der Waals surface area (Å²) in [5.41, 5.74) is 0. The first-order valence-electron chi connectivity index (χ1n) is 7.24. The number of hydrogen-bond donors (Lipinski definition) is 1. The summed E-state index contributed by atoms with van der Waals surface area (Å²) in [5, 5.41) is 3.60.